The van der Waals surface area contributed by atoms with Gasteiger partial charge in [0.2, 0.25) is 0 Å². The second-order valence-corrected chi connectivity index (χ2v) is 7.49. The van der Waals surface area contributed by atoms with Crippen LogP contribution in [0.15, 0.2) is 48.7 Å². The van der Waals surface area contributed by atoms with Gasteiger partial charge in [-0.1, -0.05) is 29.8 Å². The van der Waals surface area contributed by atoms with E-state index in [0.29, 0.717) is 17.3 Å². The van der Waals surface area contributed by atoms with E-state index in [2.05, 4.69) is 9.88 Å². The van der Waals surface area contributed by atoms with Gasteiger partial charge in [-0.05, 0) is 49.9 Å². The average molecular weight is 399 g/mol. The van der Waals surface area contributed by atoms with E-state index in [-0.39, 0.29) is 6.10 Å². The van der Waals surface area contributed by atoms with Gasteiger partial charge in [0, 0.05) is 22.8 Å². The third-order valence-electron chi connectivity index (χ3n) is 5.19. The lowest BCUT2D eigenvalue weighted by atomic mass is 10.2. The van der Waals surface area contributed by atoms with Crippen LogP contribution in [0.25, 0.3) is 10.9 Å². The molecule has 5 nitrogen and oxygen atoms in total. The molecule has 2 aromatic carbocycles. The first-order valence-electron chi connectivity index (χ1n) is 9.52. The minimum absolute atomic E-state index is 0.0348. The normalized spacial score (nSPS) is 14.4. The van der Waals surface area contributed by atoms with Crippen molar-refractivity contribution < 1.29 is 14.3 Å². The topological polar surface area (TPSA) is 52.5 Å². The maximum atomic E-state index is 12.2. The van der Waals surface area contributed by atoms with Crippen LogP contribution < -0.4 is 10.1 Å². The summed E-state index contributed by atoms with van der Waals surface area (Å²) >= 11 is 6.42. The number of carbonyl (C=O) groups is 1. The quantitative estimate of drug-likeness (QED) is 0.587. The highest BCUT2D eigenvalue weighted by Gasteiger charge is 2.19. The zero-order valence-corrected chi connectivity index (χ0v) is 16.5. The van der Waals surface area contributed by atoms with E-state index >= 15 is 0 Å². The minimum atomic E-state index is -0.403. The van der Waals surface area contributed by atoms with E-state index in [1.165, 1.54) is 0 Å². The first-order valence-corrected chi connectivity index (χ1v) is 9.90. The van der Waals surface area contributed by atoms with Gasteiger partial charge in [0.15, 0.2) is 0 Å². The summed E-state index contributed by atoms with van der Waals surface area (Å²) in [5, 5.41) is 4.45. The number of carbonyl (C=O) groups excluding carboxylic acids is 1. The monoisotopic (exact) mass is 398 g/mol. The number of rotatable bonds is 5. The number of fused-ring (bicyclic) bond motifs is 1. The highest BCUT2D eigenvalue weighted by atomic mass is 35.5. The molecule has 0 bridgehead atoms. The summed E-state index contributed by atoms with van der Waals surface area (Å²) in [6.07, 6.45) is 5.68. The molecule has 28 heavy (non-hydrogen) atoms. The maximum Gasteiger partial charge on any atom is 0.411 e. The fourth-order valence-electron chi connectivity index (χ4n) is 3.78. The molecule has 1 aliphatic carbocycles. The van der Waals surface area contributed by atoms with Crippen LogP contribution in [0.1, 0.15) is 31.2 Å². The summed E-state index contributed by atoms with van der Waals surface area (Å²) in [7, 11) is 1.66. The molecule has 1 amide bonds. The molecule has 0 saturated heterocycles. The van der Waals surface area contributed by atoms with E-state index in [0.717, 1.165) is 47.9 Å². The lowest BCUT2D eigenvalue weighted by Gasteiger charge is -2.13. The van der Waals surface area contributed by atoms with Gasteiger partial charge in [0.05, 0.1) is 24.2 Å². The SMILES string of the molecule is COc1ccccc1Cn1cc(Cl)c2ccc(NC(=O)OC3CCCC3)cc21. The highest BCUT2D eigenvalue weighted by molar-refractivity contribution is 6.35. The number of halogens is 1. The predicted molar refractivity (Wildman–Crippen MR) is 111 cm³/mol. The van der Waals surface area contributed by atoms with Crippen molar-refractivity contribution >= 4 is 34.3 Å². The van der Waals surface area contributed by atoms with E-state index in [4.69, 9.17) is 21.1 Å². The van der Waals surface area contributed by atoms with E-state index in [1.54, 1.807) is 7.11 Å². The Morgan fingerprint density at radius 3 is 2.79 bits per heavy atom. The Kier molecular flexibility index (Phi) is 5.44. The van der Waals surface area contributed by atoms with Crippen molar-refractivity contribution in [3.8, 4) is 5.75 Å². The molecule has 1 N–H and O–H groups in total. The number of hydrogen-bond donors (Lipinski definition) is 1. The molecule has 146 valence electrons. The Morgan fingerprint density at radius 2 is 2.00 bits per heavy atom. The summed E-state index contributed by atoms with van der Waals surface area (Å²) in [5.41, 5.74) is 2.68. The van der Waals surface area contributed by atoms with Crippen LogP contribution in [0, 0.1) is 0 Å². The lowest BCUT2D eigenvalue weighted by molar-refractivity contribution is 0.114. The minimum Gasteiger partial charge on any atom is -0.496 e. The van der Waals surface area contributed by atoms with Crippen LogP contribution in [0.3, 0.4) is 0 Å². The van der Waals surface area contributed by atoms with Crippen molar-refractivity contribution in [3.05, 3.63) is 59.2 Å². The number of ether oxygens (including phenoxy) is 2. The number of amides is 1. The van der Waals surface area contributed by atoms with Gasteiger partial charge in [0.1, 0.15) is 11.9 Å². The zero-order valence-electron chi connectivity index (χ0n) is 15.8. The van der Waals surface area contributed by atoms with Crippen LogP contribution >= 0.6 is 11.6 Å². The molecule has 0 aliphatic heterocycles. The van der Waals surface area contributed by atoms with Gasteiger partial charge in [-0.25, -0.2) is 4.79 Å². The van der Waals surface area contributed by atoms with Gasteiger partial charge in [-0.15, -0.1) is 0 Å². The second-order valence-electron chi connectivity index (χ2n) is 7.09. The van der Waals surface area contributed by atoms with Crippen molar-refractivity contribution in [1.82, 2.24) is 4.57 Å². The summed E-state index contributed by atoms with van der Waals surface area (Å²) in [6, 6.07) is 13.6. The number of nitrogens with one attached hydrogen (secondary N) is 1. The van der Waals surface area contributed by atoms with Crippen LogP contribution in [0.2, 0.25) is 5.02 Å². The van der Waals surface area contributed by atoms with Gasteiger partial charge in [-0.3, -0.25) is 5.32 Å². The van der Waals surface area contributed by atoms with Crippen molar-refractivity contribution in [2.24, 2.45) is 0 Å². The summed E-state index contributed by atoms with van der Waals surface area (Å²) in [6.45, 7) is 0.614. The van der Waals surface area contributed by atoms with E-state index < -0.39 is 6.09 Å². The fourth-order valence-corrected chi connectivity index (χ4v) is 4.06. The summed E-state index contributed by atoms with van der Waals surface area (Å²) < 4.78 is 13.0. The Balaban J connectivity index is 1.57. The lowest BCUT2D eigenvalue weighted by Crippen LogP contribution is -2.20. The number of para-hydroxylation sites is 1. The van der Waals surface area contributed by atoms with Crippen molar-refractivity contribution in [3.63, 3.8) is 0 Å². The van der Waals surface area contributed by atoms with Crippen molar-refractivity contribution in [1.29, 1.82) is 0 Å². The molecular formula is C22H23ClN2O3. The summed E-state index contributed by atoms with van der Waals surface area (Å²) in [4.78, 5) is 12.2. The molecule has 0 spiro atoms. The maximum absolute atomic E-state index is 12.2. The van der Waals surface area contributed by atoms with Crippen molar-refractivity contribution in [2.75, 3.05) is 12.4 Å². The first kappa shape index (κ1) is 18.7. The van der Waals surface area contributed by atoms with Crippen LogP contribution in [-0.2, 0) is 11.3 Å². The van der Waals surface area contributed by atoms with Crippen LogP contribution in [0.4, 0.5) is 10.5 Å². The van der Waals surface area contributed by atoms with Crippen LogP contribution in [0.5, 0.6) is 5.75 Å². The molecule has 4 rings (SSSR count). The zero-order chi connectivity index (χ0) is 19.5. The number of methoxy groups -OCH3 is 1. The van der Waals surface area contributed by atoms with E-state index in [9.17, 15) is 4.79 Å². The average Bonchev–Trinajstić information content (AvgIpc) is 3.30. The molecule has 0 atom stereocenters. The number of benzene rings is 2. The van der Waals surface area contributed by atoms with Gasteiger partial charge >= 0.3 is 6.09 Å². The molecule has 1 aliphatic rings. The number of anilines is 1. The highest BCUT2D eigenvalue weighted by Crippen LogP contribution is 2.30. The standard InChI is InChI=1S/C22H23ClN2O3/c1-27-21-9-5-2-6-15(21)13-25-14-19(23)18-11-10-16(12-20(18)25)24-22(26)28-17-7-3-4-8-17/h2,5-6,9-12,14,17H,3-4,7-8,13H2,1H3,(H,24,26). The Labute approximate surface area is 169 Å². The molecule has 1 fully saturated rings. The second kappa shape index (κ2) is 8.15. The Hall–Kier alpha value is -2.66. The smallest absolute Gasteiger partial charge is 0.411 e. The molecule has 1 heterocycles. The number of hydrogen-bond acceptors (Lipinski definition) is 3. The van der Waals surface area contributed by atoms with Gasteiger partial charge in [-0.2, -0.15) is 0 Å². The Morgan fingerprint density at radius 1 is 1.21 bits per heavy atom. The fraction of sp³-hybridized carbons (Fsp3) is 0.318. The summed E-state index contributed by atoms with van der Waals surface area (Å²) in [5.74, 6) is 0.829. The Bertz CT molecular complexity index is 993. The molecule has 1 saturated carbocycles. The largest absolute Gasteiger partial charge is 0.496 e. The third-order valence-corrected chi connectivity index (χ3v) is 5.49. The van der Waals surface area contributed by atoms with Gasteiger partial charge in [0.25, 0.3) is 0 Å². The first-order chi connectivity index (χ1) is 13.6. The third kappa shape index (κ3) is 3.94. The molecule has 0 radical (unpaired) electrons. The predicted octanol–water partition coefficient (Wildman–Crippen LogP) is 5.84. The number of aromatic nitrogens is 1. The molecule has 1 aromatic heterocycles. The van der Waals surface area contributed by atoms with Crippen LogP contribution in [-0.4, -0.2) is 23.9 Å². The molecule has 3 aromatic rings. The molecule has 0 unspecified atom stereocenters. The van der Waals surface area contributed by atoms with Gasteiger partial charge < -0.3 is 14.0 Å². The van der Waals surface area contributed by atoms with E-state index in [1.807, 2.05) is 48.7 Å². The molecular weight excluding hydrogens is 376 g/mol. The molecule has 6 heteroatoms. The van der Waals surface area contributed by atoms with Crippen molar-refractivity contribution in [2.45, 2.75) is 38.3 Å². The number of nitrogens with zero attached hydrogens (tertiary/aromatic N) is 1.